The number of amides is 1. The largest absolute Gasteiger partial charge is 0.452 e. The van der Waals surface area contributed by atoms with E-state index in [0.717, 1.165) is 22.4 Å². The van der Waals surface area contributed by atoms with Gasteiger partial charge in [-0.3, -0.25) is 4.79 Å². The third kappa shape index (κ3) is 5.90. The second-order valence-electron chi connectivity index (χ2n) is 7.60. The summed E-state index contributed by atoms with van der Waals surface area (Å²) in [6, 6.07) is 22.3. The number of nitrogens with zero attached hydrogens (tertiary/aromatic N) is 2. The maximum absolute atomic E-state index is 12.7. The SMILES string of the molecule is Cc1ccc(NC(=O)CSc2ccccc2C(=O)OCc2nc(-c3ccccc3C)no2)cc1. The van der Waals surface area contributed by atoms with E-state index in [-0.39, 0.29) is 24.2 Å². The van der Waals surface area contributed by atoms with Crippen LogP contribution in [0.3, 0.4) is 0 Å². The van der Waals surface area contributed by atoms with Crippen LogP contribution in [0.15, 0.2) is 82.2 Å². The number of aromatic nitrogens is 2. The van der Waals surface area contributed by atoms with E-state index in [0.29, 0.717) is 16.3 Å². The lowest BCUT2D eigenvalue weighted by Gasteiger charge is -2.09. The van der Waals surface area contributed by atoms with Crippen LogP contribution in [0.4, 0.5) is 5.69 Å². The molecule has 1 heterocycles. The van der Waals surface area contributed by atoms with Crippen molar-refractivity contribution in [1.82, 2.24) is 10.1 Å². The molecule has 0 fully saturated rings. The number of rotatable bonds is 8. The van der Waals surface area contributed by atoms with E-state index in [1.807, 2.05) is 68.4 Å². The fraction of sp³-hybridized carbons (Fsp3) is 0.154. The molecule has 0 bridgehead atoms. The molecule has 0 spiro atoms. The van der Waals surface area contributed by atoms with E-state index in [2.05, 4.69) is 15.5 Å². The van der Waals surface area contributed by atoms with Crippen LogP contribution in [0.2, 0.25) is 0 Å². The molecule has 0 radical (unpaired) electrons. The van der Waals surface area contributed by atoms with Crippen molar-refractivity contribution in [3.05, 3.63) is 95.4 Å². The first kappa shape index (κ1) is 23.3. The average Bonchev–Trinajstić information content (AvgIpc) is 3.32. The minimum Gasteiger partial charge on any atom is -0.452 e. The Morgan fingerprint density at radius 1 is 0.971 bits per heavy atom. The normalized spacial score (nSPS) is 10.6. The first-order valence-corrected chi connectivity index (χ1v) is 11.6. The maximum atomic E-state index is 12.7. The number of hydrogen-bond donors (Lipinski definition) is 1. The Morgan fingerprint density at radius 2 is 1.71 bits per heavy atom. The standard InChI is InChI=1S/C26H23N3O4S/c1-17-11-13-19(14-12-17)27-23(30)16-34-22-10-6-5-9-21(22)26(31)32-15-24-28-25(29-33-24)20-8-4-3-7-18(20)2/h3-14H,15-16H2,1-2H3,(H,27,30). The van der Waals surface area contributed by atoms with Gasteiger partial charge in [-0.15, -0.1) is 11.8 Å². The number of carbonyl (C=O) groups excluding carboxylic acids is 2. The van der Waals surface area contributed by atoms with Crippen LogP contribution >= 0.6 is 11.8 Å². The number of ether oxygens (including phenoxy) is 1. The van der Waals surface area contributed by atoms with Gasteiger partial charge in [-0.05, 0) is 43.7 Å². The molecule has 0 atom stereocenters. The van der Waals surface area contributed by atoms with Gasteiger partial charge in [0.25, 0.3) is 5.89 Å². The van der Waals surface area contributed by atoms with Gasteiger partial charge in [0, 0.05) is 16.1 Å². The first-order valence-electron chi connectivity index (χ1n) is 10.6. The van der Waals surface area contributed by atoms with Crippen LogP contribution in [-0.4, -0.2) is 27.8 Å². The number of esters is 1. The quantitative estimate of drug-likeness (QED) is 0.269. The highest BCUT2D eigenvalue weighted by Gasteiger charge is 2.17. The fourth-order valence-electron chi connectivity index (χ4n) is 3.19. The lowest BCUT2D eigenvalue weighted by Crippen LogP contribution is -2.14. The molecule has 1 aromatic heterocycles. The zero-order valence-corrected chi connectivity index (χ0v) is 19.6. The van der Waals surface area contributed by atoms with Gasteiger partial charge < -0.3 is 14.6 Å². The van der Waals surface area contributed by atoms with Crippen molar-refractivity contribution in [3.8, 4) is 11.4 Å². The van der Waals surface area contributed by atoms with Gasteiger partial charge in [-0.1, -0.05) is 59.3 Å². The highest BCUT2D eigenvalue weighted by atomic mass is 32.2. The molecule has 8 heteroatoms. The van der Waals surface area contributed by atoms with Crippen molar-refractivity contribution in [2.24, 2.45) is 0 Å². The molecule has 1 N–H and O–H groups in total. The van der Waals surface area contributed by atoms with E-state index in [9.17, 15) is 9.59 Å². The summed E-state index contributed by atoms with van der Waals surface area (Å²) >= 11 is 1.27. The maximum Gasteiger partial charge on any atom is 0.339 e. The van der Waals surface area contributed by atoms with Crippen molar-refractivity contribution in [3.63, 3.8) is 0 Å². The predicted molar refractivity (Wildman–Crippen MR) is 131 cm³/mol. The molecule has 4 rings (SSSR count). The zero-order valence-electron chi connectivity index (χ0n) is 18.8. The number of thioether (sulfide) groups is 1. The molecule has 1 amide bonds. The number of nitrogens with one attached hydrogen (secondary N) is 1. The van der Waals surface area contributed by atoms with Crippen molar-refractivity contribution in [1.29, 1.82) is 0 Å². The fourth-order valence-corrected chi connectivity index (χ4v) is 4.03. The molecule has 0 saturated heterocycles. The van der Waals surface area contributed by atoms with Crippen LogP contribution in [0.1, 0.15) is 27.4 Å². The van der Waals surface area contributed by atoms with Crippen LogP contribution in [0.25, 0.3) is 11.4 Å². The molecular formula is C26H23N3O4S. The number of carbonyl (C=O) groups is 2. The second kappa shape index (κ2) is 10.8. The van der Waals surface area contributed by atoms with Gasteiger partial charge in [0.15, 0.2) is 6.61 Å². The van der Waals surface area contributed by atoms with Crippen LogP contribution in [-0.2, 0) is 16.1 Å². The summed E-state index contributed by atoms with van der Waals surface area (Å²) < 4.78 is 10.6. The molecule has 0 saturated carbocycles. The summed E-state index contributed by atoms with van der Waals surface area (Å²) in [5, 5.41) is 6.83. The lowest BCUT2D eigenvalue weighted by molar-refractivity contribution is -0.113. The number of hydrogen-bond acceptors (Lipinski definition) is 7. The molecular weight excluding hydrogens is 450 g/mol. The first-order chi connectivity index (χ1) is 16.5. The number of benzene rings is 3. The highest BCUT2D eigenvalue weighted by Crippen LogP contribution is 2.24. The van der Waals surface area contributed by atoms with Crippen molar-refractivity contribution in [2.45, 2.75) is 25.3 Å². The molecule has 3 aromatic carbocycles. The van der Waals surface area contributed by atoms with Crippen molar-refractivity contribution < 1.29 is 18.8 Å². The van der Waals surface area contributed by atoms with Crippen LogP contribution in [0.5, 0.6) is 0 Å². The van der Waals surface area contributed by atoms with E-state index in [1.54, 1.807) is 18.2 Å². The summed E-state index contributed by atoms with van der Waals surface area (Å²) in [5.74, 6) is 0.111. The van der Waals surface area contributed by atoms with E-state index in [1.165, 1.54) is 11.8 Å². The smallest absolute Gasteiger partial charge is 0.339 e. The van der Waals surface area contributed by atoms with E-state index < -0.39 is 5.97 Å². The zero-order chi connectivity index (χ0) is 23.9. The molecule has 0 aliphatic carbocycles. The molecule has 172 valence electrons. The van der Waals surface area contributed by atoms with Crippen LogP contribution < -0.4 is 5.32 Å². The Labute approximate surface area is 201 Å². The molecule has 7 nitrogen and oxygen atoms in total. The van der Waals surface area contributed by atoms with Gasteiger partial charge in [0.05, 0.1) is 11.3 Å². The monoisotopic (exact) mass is 473 g/mol. The second-order valence-corrected chi connectivity index (χ2v) is 8.62. The highest BCUT2D eigenvalue weighted by molar-refractivity contribution is 8.00. The minimum absolute atomic E-state index is 0.148. The minimum atomic E-state index is -0.530. The Hall–Kier alpha value is -3.91. The number of aryl methyl sites for hydroxylation is 2. The van der Waals surface area contributed by atoms with Gasteiger partial charge in [0.2, 0.25) is 11.7 Å². The molecule has 0 aliphatic heterocycles. The van der Waals surface area contributed by atoms with Gasteiger partial charge in [-0.2, -0.15) is 4.98 Å². The Balaban J connectivity index is 1.35. The third-order valence-corrected chi connectivity index (χ3v) is 6.06. The summed E-state index contributed by atoms with van der Waals surface area (Å²) in [5.41, 5.74) is 4.09. The summed E-state index contributed by atoms with van der Waals surface area (Å²) in [6.45, 7) is 3.80. The van der Waals surface area contributed by atoms with Gasteiger partial charge >= 0.3 is 5.97 Å². The molecule has 0 unspecified atom stereocenters. The Kier molecular flexibility index (Phi) is 7.39. The summed E-state index contributed by atoms with van der Waals surface area (Å²) in [4.78, 5) is 30.0. The molecule has 4 aromatic rings. The van der Waals surface area contributed by atoms with Crippen molar-refractivity contribution in [2.75, 3.05) is 11.1 Å². The van der Waals surface area contributed by atoms with Crippen LogP contribution in [0, 0.1) is 13.8 Å². The summed E-state index contributed by atoms with van der Waals surface area (Å²) in [6.07, 6.45) is 0. The summed E-state index contributed by atoms with van der Waals surface area (Å²) in [7, 11) is 0. The molecule has 0 aliphatic rings. The van der Waals surface area contributed by atoms with E-state index in [4.69, 9.17) is 9.26 Å². The van der Waals surface area contributed by atoms with E-state index >= 15 is 0 Å². The Bertz CT molecular complexity index is 1300. The topological polar surface area (TPSA) is 94.3 Å². The van der Waals surface area contributed by atoms with Gasteiger partial charge in [-0.25, -0.2) is 4.79 Å². The lowest BCUT2D eigenvalue weighted by atomic mass is 10.1. The Morgan fingerprint density at radius 3 is 2.50 bits per heavy atom. The molecule has 34 heavy (non-hydrogen) atoms. The number of anilines is 1. The van der Waals surface area contributed by atoms with Crippen molar-refractivity contribution >= 4 is 29.3 Å². The predicted octanol–water partition coefficient (Wildman–Crippen LogP) is 5.44. The van der Waals surface area contributed by atoms with Gasteiger partial charge in [0.1, 0.15) is 0 Å². The third-order valence-electron chi connectivity index (χ3n) is 4.98. The average molecular weight is 474 g/mol.